The van der Waals surface area contributed by atoms with Crippen molar-refractivity contribution in [3.63, 3.8) is 0 Å². The molecule has 0 fully saturated rings. The van der Waals surface area contributed by atoms with Gasteiger partial charge < -0.3 is 20.1 Å². The normalized spacial score (nSPS) is 10.9. The van der Waals surface area contributed by atoms with E-state index in [0.29, 0.717) is 42.1 Å². The first-order valence-corrected chi connectivity index (χ1v) is 11.6. The molecule has 0 saturated carbocycles. The van der Waals surface area contributed by atoms with Crippen LogP contribution in [0.1, 0.15) is 28.8 Å². The van der Waals surface area contributed by atoms with Crippen molar-refractivity contribution in [3.8, 4) is 11.5 Å². The molecule has 0 saturated heterocycles. The van der Waals surface area contributed by atoms with Gasteiger partial charge in [-0.25, -0.2) is 17.9 Å². The molecule has 3 N–H and O–H groups in total. The minimum absolute atomic E-state index is 0.123. The number of rotatable bonds is 10. The molecule has 0 atom stereocenters. The second-order valence-electron chi connectivity index (χ2n) is 6.73. The van der Waals surface area contributed by atoms with Gasteiger partial charge in [-0.3, -0.25) is 4.79 Å². The summed E-state index contributed by atoms with van der Waals surface area (Å²) in [5.74, 6) is 0.277. The Balaban J connectivity index is 1.95. The number of methoxy groups -OCH3 is 2. The van der Waals surface area contributed by atoms with Crippen molar-refractivity contribution < 1.29 is 27.5 Å². The molecule has 0 aliphatic rings. The highest BCUT2D eigenvalue weighted by molar-refractivity contribution is 7.90. The molecule has 11 heteroatoms. The SMILES string of the molecule is CNC(=O)NS(=O)(=O)c1cc(CCCCNC(=O)c2cc(Cl)ccc2OC)ccc1OC. The Labute approximate surface area is 192 Å². The quantitative estimate of drug-likeness (QED) is 0.446. The fourth-order valence-corrected chi connectivity index (χ4v) is 4.27. The molecule has 0 radical (unpaired) electrons. The van der Waals surface area contributed by atoms with E-state index in [1.807, 2.05) is 4.72 Å². The number of sulfonamides is 1. The third kappa shape index (κ3) is 6.76. The van der Waals surface area contributed by atoms with E-state index in [1.54, 1.807) is 30.3 Å². The second-order valence-corrected chi connectivity index (χ2v) is 8.81. The summed E-state index contributed by atoms with van der Waals surface area (Å²) >= 11 is 5.96. The Kier molecular flexibility index (Phi) is 9.15. The molecule has 2 aromatic carbocycles. The summed E-state index contributed by atoms with van der Waals surface area (Å²) < 4.78 is 37.2. The average molecular weight is 484 g/mol. The molecule has 0 aliphatic heterocycles. The minimum atomic E-state index is -4.09. The van der Waals surface area contributed by atoms with E-state index in [0.717, 1.165) is 5.56 Å². The minimum Gasteiger partial charge on any atom is -0.496 e. The van der Waals surface area contributed by atoms with Crippen LogP contribution in [0.2, 0.25) is 5.02 Å². The van der Waals surface area contributed by atoms with Gasteiger partial charge in [0.1, 0.15) is 16.4 Å². The van der Waals surface area contributed by atoms with Gasteiger partial charge in [-0.2, -0.15) is 0 Å². The lowest BCUT2D eigenvalue weighted by Crippen LogP contribution is -2.37. The molecule has 2 aromatic rings. The number of benzene rings is 2. The number of hydrogen-bond donors (Lipinski definition) is 3. The lowest BCUT2D eigenvalue weighted by Gasteiger charge is -2.12. The molecule has 0 heterocycles. The Bertz CT molecular complexity index is 1080. The van der Waals surface area contributed by atoms with E-state index in [2.05, 4.69) is 10.6 Å². The Hall–Kier alpha value is -2.98. The van der Waals surface area contributed by atoms with Crippen molar-refractivity contribution in [3.05, 3.63) is 52.5 Å². The molecule has 174 valence electrons. The molecular formula is C21H26ClN3O6S. The van der Waals surface area contributed by atoms with Crippen LogP contribution in [-0.4, -0.2) is 48.2 Å². The van der Waals surface area contributed by atoms with Crippen LogP contribution in [0.25, 0.3) is 0 Å². The summed E-state index contributed by atoms with van der Waals surface area (Å²) in [4.78, 5) is 23.7. The van der Waals surface area contributed by atoms with Crippen molar-refractivity contribution in [1.82, 2.24) is 15.4 Å². The second kappa shape index (κ2) is 11.6. The van der Waals surface area contributed by atoms with Crippen molar-refractivity contribution >= 4 is 33.6 Å². The first-order chi connectivity index (χ1) is 15.2. The van der Waals surface area contributed by atoms with Gasteiger partial charge in [0.15, 0.2) is 0 Å². The van der Waals surface area contributed by atoms with Crippen LogP contribution in [0, 0.1) is 0 Å². The zero-order valence-corrected chi connectivity index (χ0v) is 19.6. The van der Waals surface area contributed by atoms with E-state index >= 15 is 0 Å². The maximum atomic E-state index is 12.5. The molecular weight excluding hydrogens is 458 g/mol. The van der Waals surface area contributed by atoms with Crippen LogP contribution in [-0.2, 0) is 16.4 Å². The number of aryl methyl sites for hydroxylation is 1. The summed E-state index contributed by atoms with van der Waals surface area (Å²) in [5.41, 5.74) is 1.11. The number of carbonyl (C=O) groups is 2. The largest absolute Gasteiger partial charge is 0.496 e. The summed E-state index contributed by atoms with van der Waals surface area (Å²) in [7, 11) is 0.0607. The lowest BCUT2D eigenvalue weighted by atomic mass is 10.1. The highest BCUT2D eigenvalue weighted by atomic mass is 35.5. The van der Waals surface area contributed by atoms with E-state index in [9.17, 15) is 18.0 Å². The van der Waals surface area contributed by atoms with Gasteiger partial charge in [-0.1, -0.05) is 17.7 Å². The Morgan fingerprint density at radius 1 is 1.00 bits per heavy atom. The van der Waals surface area contributed by atoms with Crippen LogP contribution in [0.15, 0.2) is 41.3 Å². The van der Waals surface area contributed by atoms with Gasteiger partial charge in [0.2, 0.25) is 0 Å². The summed E-state index contributed by atoms with van der Waals surface area (Å²) in [5, 5.41) is 5.46. The zero-order chi connectivity index (χ0) is 23.7. The smallest absolute Gasteiger partial charge is 0.328 e. The Morgan fingerprint density at radius 2 is 1.69 bits per heavy atom. The van der Waals surface area contributed by atoms with Crippen molar-refractivity contribution in [2.75, 3.05) is 27.8 Å². The number of halogens is 1. The Morgan fingerprint density at radius 3 is 2.34 bits per heavy atom. The molecule has 0 spiro atoms. The third-order valence-electron chi connectivity index (χ3n) is 4.56. The van der Waals surface area contributed by atoms with Crippen LogP contribution in [0.5, 0.6) is 11.5 Å². The number of carbonyl (C=O) groups excluding carboxylic acids is 2. The van der Waals surface area contributed by atoms with Gasteiger partial charge in [-0.05, 0) is 55.2 Å². The molecule has 9 nitrogen and oxygen atoms in total. The summed E-state index contributed by atoms with van der Waals surface area (Å²) in [6.07, 6.45) is 1.93. The molecule has 0 unspecified atom stereocenters. The van der Waals surface area contributed by atoms with Crippen LogP contribution >= 0.6 is 11.6 Å². The molecule has 2 rings (SSSR count). The molecule has 0 aromatic heterocycles. The van der Waals surface area contributed by atoms with Gasteiger partial charge in [0.05, 0.1) is 19.8 Å². The first-order valence-electron chi connectivity index (χ1n) is 9.75. The van der Waals surface area contributed by atoms with Crippen LogP contribution in [0.3, 0.4) is 0 Å². The average Bonchev–Trinajstić information content (AvgIpc) is 2.78. The van der Waals surface area contributed by atoms with Crippen LogP contribution < -0.4 is 24.8 Å². The van der Waals surface area contributed by atoms with E-state index in [1.165, 1.54) is 27.3 Å². The maximum absolute atomic E-state index is 12.5. The number of hydrogen-bond acceptors (Lipinski definition) is 6. The highest BCUT2D eigenvalue weighted by Gasteiger charge is 2.22. The van der Waals surface area contributed by atoms with Crippen molar-refractivity contribution in [2.45, 2.75) is 24.2 Å². The first kappa shape index (κ1) is 25.3. The van der Waals surface area contributed by atoms with E-state index in [4.69, 9.17) is 21.1 Å². The lowest BCUT2D eigenvalue weighted by molar-refractivity contribution is 0.0950. The monoisotopic (exact) mass is 483 g/mol. The van der Waals surface area contributed by atoms with Gasteiger partial charge in [-0.15, -0.1) is 0 Å². The standard InChI is InChI=1S/C21H26ClN3O6S/c1-23-21(27)25-32(28,29)19-12-14(7-9-18(19)31-3)6-4-5-11-24-20(26)16-13-15(22)8-10-17(16)30-2/h7-10,12-13H,4-6,11H2,1-3H3,(H,24,26)(H2,23,25,27). The van der Waals surface area contributed by atoms with E-state index in [-0.39, 0.29) is 16.6 Å². The summed E-state index contributed by atoms with van der Waals surface area (Å²) in [6.45, 7) is 0.425. The molecule has 0 aliphatic carbocycles. The fraction of sp³-hybridized carbons (Fsp3) is 0.333. The molecule has 0 bridgehead atoms. The predicted octanol–water partition coefficient (Wildman–Crippen LogP) is 2.73. The molecule has 32 heavy (non-hydrogen) atoms. The van der Waals surface area contributed by atoms with Gasteiger partial charge in [0.25, 0.3) is 15.9 Å². The fourth-order valence-electron chi connectivity index (χ4n) is 2.92. The number of amides is 3. The maximum Gasteiger partial charge on any atom is 0.328 e. The topological polar surface area (TPSA) is 123 Å². The van der Waals surface area contributed by atoms with Gasteiger partial charge >= 0.3 is 6.03 Å². The van der Waals surface area contributed by atoms with Crippen molar-refractivity contribution in [2.24, 2.45) is 0 Å². The third-order valence-corrected chi connectivity index (χ3v) is 6.14. The number of nitrogens with one attached hydrogen (secondary N) is 3. The number of unbranched alkanes of at least 4 members (excludes halogenated alkanes) is 1. The number of ether oxygens (including phenoxy) is 2. The highest BCUT2D eigenvalue weighted by Crippen LogP contribution is 2.26. The van der Waals surface area contributed by atoms with Crippen molar-refractivity contribution in [1.29, 1.82) is 0 Å². The number of urea groups is 1. The predicted molar refractivity (Wildman–Crippen MR) is 121 cm³/mol. The zero-order valence-electron chi connectivity index (χ0n) is 18.0. The summed E-state index contributed by atoms with van der Waals surface area (Å²) in [6, 6.07) is 8.75. The van der Waals surface area contributed by atoms with Gasteiger partial charge in [0, 0.05) is 18.6 Å². The molecule has 3 amide bonds. The van der Waals surface area contributed by atoms with Crippen LogP contribution in [0.4, 0.5) is 4.79 Å². The van der Waals surface area contributed by atoms with E-state index < -0.39 is 16.1 Å².